The van der Waals surface area contributed by atoms with Crippen LogP contribution in [0.1, 0.15) is 24.1 Å². The molecule has 1 aromatic heterocycles. The van der Waals surface area contributed by atoms with Crippen molar-refractivity contribution in [3.05, 3.63) is 53.7 Å². The van der Waals surface area contributed by atoms with Gasteiger partial charge < -0.3 is 19.3 Å². The molecule has 0 unspecified atom stereocenters. The summed E-state index contributed by atoms with van der Waals surface area (Å²) in [6, 6.07) is 13.0. The van der Waals surface area contributed by atoms with Crippen LogP contribution < -0.4 is 9.64 Å². The summed E-state index contributed by atoms with van der Waals surface area (Å²) in [5, 5.41) is 0. The van der Waals surface area contributed by atoms with E-state index in [9.17, 15) is 14.4 Å². The SMILES string of the molecule is COCCN1C(=O)C[C@](CC(=O)N2CCN(c3cccc(C)n3)CC2)(c2cccc(OC)c2)C1=O. The zero-order chi connectivity index (χ0) is 25.0. The van der Waals surface area contributed by atoms with Crippen molar-refractivity contribution in [1.82, 2.24) is 14.8 Å². The molecule has 2 aromatic rings. The van der Waals surface area contributed by atoms with Crippen LogP contribution >= 0.6 is 0 Å². The monoisotopic (exact) mass is 480 g/mol. The third kappa shape index (κ3) is 5.00. The number of anilines is 1. The van der Waals surface area contributed by atoms with Crippen molar-refractivity contribution >= 4 is 23.5 Å². The summed E-state index contributed by atoms with van der Waals surface area (Å²) in [5.74, 6) is 0.681. The summed E-state index contributed by atoms with van der Waals surface area (Å²) < 4.78 is 10.5. The van der Waals surface area contributed by atoms with Crippen molar-refractivity contribution in [3.63, 3.8) is 0 Å². The molecule has 0 aliphatic carbocycles. The molecule has 0 spiro atoms. The van der Waals surface area contributed by atoms with Crippen molar-refractivity contribution < 1.29 is 23.9 Å². The Morgan fingerprint density at radius 2 is 1.80 bits per heavy atom. The minimum Gasteiger partial charge on any atom is -0.497 e. The highest BCUT2D eigenvalue weighted by Gasteiger charge is 2.54. The molecule has 2 aliphatic rings. The van der Waals surface area contributed by atoms with E-state index in [2.05, 4.69) is 9.88 Å². The molecule has 35 heavy (non-hydrogen) atoms. The number of likely N-dealkylation sites (tertiary alicyclic amines) is 1. The number of amides is 3. The first-order chi connectivity index (χ1) is 16.9. The van der Waals surface area contributed by atoms with E-state index >= 15 is 0 Å². The van der Waals surface area contributed by atoms with E-state index in [1.54, 1.807) is 36.3 Å². The van der Waals surface area contributed by atoms with Gasteiger partial charge in [-0.05, 0) is 36.8 Å². The molecule has 4 rings (SSSR count). The highest BCUT2D eigenvalue weighted by molar-refractivity contribution is 6.10. The average Bonchev–Trinajstić information content (AvgIpc) is 3.12. The van der Waals surface area contributed by atoms with Crippen molar-refractivity contribution in [2.75, 3.05) is 58.5 Å². The van der Waals surface area contributed by atoms with Gasteiger partial charge in [0.15, 0.2) is 0 Å². The number of aromatic nitrogens is 1. The molecule has 9 heteroatoms. The predicted molar refractivity (Wildman–Crippen MR) is 130 cm³/mol. The van der Waals surface area contributed by atoms with Gasteiger partial charge in [-0.15, -0.1) is 0 Å². The van der Waals surface area contributed by atoms with Crippen LogP contribution in [0.15, 0.2) is 42.5 Å². The predicted octanol–water partition coefficient (Wildman–Crippen LogP) is 1.78. The number of piperazine rings is 1. The fraction of sp³-hybridized carbons (Fsp3) is 0.462. The van der Waals surface area contributed by atoms with E-state index in [1.165, 1.54) is 12.0 Å². The first-order valence-electron chi connectivity index (χ1n) is 11.8. The molecule has 2 fully saturated rings. The van der Waals surface area contributed by atoms with Gasteiger partial charge in [-0.2, -0.15) is 0 Å². The lowest BCUT2D eigenvalue weighted by Gasteiger charge is -2.37. The average molecular weight is 481 g/mol. The fourth-order valence-corrected chi connectivity index (χ4v) is 4.86. The zero-order valence-corrected chi connectivity index (χ0v) is 20.5. The number of rotatable bonds is 8. The molecule has 3 amide bonds. The van der Waals surface area contributed by atoms with E-state index < -0.39 is 5.41 Å². The molecule has 1 aromatic carbocycles. The van der Waals surface area contributed by atoms with Crippen LogP contribution in [0.25, 0.3) is 0 Å². The fourth-order valence-electron chi connectivity index (χ4n) is 4.86. The van der Waals surface area contributed by atoms with Gasteiger partial charge in [0.25, 0.3) is 0 Å². The molecular weight excluding hydrogens is 448 g/mol. The van der Waals surface area contributed by atoms with Gasteiger partial charge in [-0.1, -0.05) is 18.2 Å². The number of pyridine rings is 1. The zero-order valence-electron chi connectivity index (χ0n) is 20.5. The highest BCUT2D eigenvalue weighted by atomic mass is 16.5. The van der Waals surface area contributed by atoms with Gasteiger partial charge in [0.1, 0.15) is 11.6 Å². The topological polar surface area (TPSA) is 92.3 Å². The lowest BCUT2D eigenvalue weighted by Crippen LogP contribution is -2.51. The largest absolute Gasteiger partial charge is 0.497 e. The van der Waals surface area contributed by atoms with Crippen LogP contribution in [-0.4, -0.2) is 86.1 Å². The van der Waals surface area contributed by atoms with Crippen molar-refractivity contribution in [2.24, 2.45) is 0 Å². The van der Waals surface area contributed by atoms with Gasteiger partial charge in [-0.25, -0.2) is 4.98 Å². The Labute approximate surface area is 205 Å². The Hall–Kier alpha value is -3.46. The van der Waals surface area contributed by atoms with Crippen molar-refractivity contribution in [1.29, 1.82) is 0 Å². The molecule has 1 atom stereocenters. The maximum atomic E-state index is 13.7. The minimum atomic E-state index is -1.26. The first-order valence-corrected chi connectivity index (χ1v) is 11.8. The van der Waals surface area contributed by atoms with Gasteiger partial charge in [0.05, 0.1) is 25.7 Å². The Morgan fingerprint density at radius 1 is 1.06 bits per heavy atom. The number of methoxy groups -OCH3 is 2. The lowest BCUT2D eigenvalue weighted by atomic mass is 9.75. The number of carbonyl (C=O) groups excluding carboxylic acids is 3. The van der Waals surface area contributed by atoms with Crippen LogP contribution in [0.5, 0.6) is 5.75 Å². The highest BCUT2D eigenvalue weighted by Crippen LogP contribution is 2.41. The molecule has 0 bridgehead atoms. The van der Waals surface area contributed by atoms with Crippen LogP contribution in [0, 0.1) is 6.92 Å². The molecule has 2 saturated heterocycles. The number of carbonyl (C=O) groups is 3. The van der Waals surface area contributed by atoms with Gasteiger partial charge >= 0.3 is 0 Å². The number of ether oxygens (including phenoxy) is 2. The number of hydrogen-bond acceptors (Lipinski definition) is 7. The van der Waals surface area contributed by atoms with Crippen LogP contribution in [-0.2, 0) is 24.5 Å². The summed E-state index contributed by atoms with van der Waals surface area (Å²) in [6.45, 7) is 4.72. The molecule has 3 heterocycles. The number of benzene rings is 1. The number of aryl methyl sites for hydroxylation is 1. The number of hydrogen-bond donors (Lipinski definition) is 0. The van der Waals surface area contributed by atoms with Crippen LogP contribution in [0.2, 0.25) is 0 Å². The third-order valence-corrected chi connectivity index (χ3v) is 6.83. The first kappa shape index (κ1) is 24.7. The standard InChI is InChI=1S/C26H32N4O5/c1-19-6-4-9-22(27-19)28-10-12-29(13-11-28)23(31)17-26(20-7-5-8-21(16-20)35-3)18-24(32)30(25(26)33)14-15-34-2/h4-9,16H,10-15,17-18H2,1-3H3/t26-/m1/s1. The van der Waals surface area contributed by atoms with Gasteiger partial charge in [0.2, 0.25) is 17.7 Å². The summed E-state index contributed by atoms with van der Waals surface area (Å²) in [5.41, 5.74) is 0.306. The van der Waals surface area contributed by atoms with E-state index in [0.717, 1.165) is 11.5 Å². The Bertz CT molecular complexity index is 1100. The van der Waals surface area contributed by atoms with E-state index in [4.69, 9.17) is 9.47 Å². The second-order valence-corrected chi connectivity index (χ2v) is 9.02. The Balaban J connectivity index is 1.54. The molecule has 186 valence electrons. The lowest BCUT2D eigenvalue weighted by molar-refractivity contribution is -0.143. The quantitative estimate of drug-likeness (QED) is 0.532. The number of imide groups is 1. The Kier molecular flexibility index (Phi) is 7.35. The third-order valence-electron chi connectivity index (χ3n) is 6.83. The number of nitrogens with zero attached hydrogens (tertiary/aromatic N) is 4. The van der Waals surface area contributed by atoms with E-state index in [-0.39, 0.29) is 43.7 Å². The molecule has 0 radical (unpaired) electrons. The van der Waals surface area contributed by atoms with Crippen molar-refractivity contribution in [2.45, 2.75) is 25.2 Å². The van der Waals surface area contributed by atoms with Gasteiger partial charge in [0, 0.05) is 51.8 Å². The molecular formula is C26H32N4O5. The molecule has 0 N–H and O–H groups in total. The summed E-state index contributed by atoms with van der Waals surface area (Å²) in [4.78, 5) is 49.8. The molecule has 9 nitrogen and oxygen atoms in total. The normalized spacial score (nSPS) is 20.5. The molecule has 0 saturated carbocycles. The minimum absolute atomic E-state index is 0.0539. The maximum absolute atomic E-state index is 13.7. The summed E-state index contributed by atoms with van der Waals surface area (Å²) in [6.07, 6.45) is -0.126. The second kappa shape index (κ2) is 10.4. The van der Waals surface area contributed by atoms with Crippen LogP contribution in [0.4, 0.5) is 5.82 Å². The molecule has 2 aliphatic heterocycles. The van der Waals surface area contributed by atoms with Crippen LogP contribution in [0.3, 0.4) is 0 Å². The van der Waals surface area contributed by atoms with Gasteiger partial charge in [-0.3, -0.25) is 19.3 Å². The smallest absolute Gasteiger partial charge is 0.240 e. The van der Waals surface area contributed by atoms with Crippen molar-refractivity contribution in [3.8, 4) is 5.75 Å². The summed E-state index contributed by atoms with van der Waals surface area (Å²) in [7, 11) is 3.07. The second-order valence-electron chi connectivity index (χ2n) is 9.02. The van der Waals surface area contributed by atoms with E-state index in [0.29, 0.717) is 37.5 Å². The van der Waals surface area contributed by atoms with E-state index in [1.807, 2.05) is 25.1 Å². The maximum Gasteiger partial charge on any atom is 0.240 e. The summed E-state index contributed by atoms with van der Waals surface area (Å²) >= 11 is 0. The Morgan fingerprint density at radius 3 is 2.49 bits per heavy atom.